The van der Waals surface area contributed by atoms with E-state index < -0.39 is 54.0 Å². The van der Waals surface area contributed by atoms with Gasteiger partial charge in [0, 0.05) is 37.3 Å². The largest absolute Gasteiger partial charge is 0.474 e. The SMILES string of the molecule is CC1(C)OC[C@H](COc2cncc(NC(=O)N3c4nc(-c5cccc(C(F)(F)F)c5)ccc4N4CC[C@H]3C4)n2)O1.O=C(Nc1cncc(OC[C@H](O)CO)n1)N1c2nc(-c3cccc(C(F)(F)F)c3)ccc2N2CC[C@H]1C2. The molecule has 0 saturated carbocycles. The van der Waals surface area contributed by atoms with E-state index in [4.69, 9.17) is 24.1 Å². The quantitative estimate of drug-likeness (QED) is 0.0915. The number of halogens is 6. The van der Waals surface area contributed by atoms with Crippen molar-refractivity contribution in [3.05, 3.63) is 109 Å². The van der Waals surface area contributed by atoms with Crippen LogP contribution in [0.25, 0.3) is 22.5 Å². The fraction of sp³-hybridized carbons (Fsp3) is 0.373. The first-order valence-electron chi connectivity index (χ1n) is 24.4. The van der Waals surface area contributed by atoms with E-state index in [9.17, 15) is 41.0 Å². The highest BCUT2D eigenvalue weighted by atomic mass is 19.4. The molecule has 9 heterocycles. The molecular weight excluding hydrogens is 1020 g/mol. The highest BCUT2D eigenvalue weighted by Crippen LogP contribution is 2.43. The van der Waals surface area contributed by atoms with E-state index in [-0.39, 0.29) is 60.4 Å². The molecule has 4 bridgehead atoms. The van der Waals surface area contributed by atoms with Crippen molar-refractivity contribution in [2.24, 2.45) is 0 Å². The Bertz CT molecular complexity index is 3160. The second kappa shape index (κ2) is 21.2. The van der Waals surface area contributed by atoms with Crippen molar-refractivity contribution < 1.29 is 65.1 Å². The van der Waals surface area contributed by atoms with Crippen LogP contribution in [0.3, 0.4) is 0 Å². The molecule has 11 rings (SSSR count). The van der Waals surface area contributed by atoms with Crippen LogP contribution in [0.15, 0.2) is 97.6 Å². The smallest absolute Gasteiger partial charge is 0.416 e. The van der Waals surface area contributed by atoms with E-state index in [2.05, 4.69) is 50.3 Å². The molecule has 3 saturated heterocycles. The first-order valence-corrected chi connectivity index (χ1v) is 24.4. The van der Waals surface area contributed by atoms with E-state index in [1.807, 2.05) is 13.8 Å². The third-order valence-electron chi connectivity index (χ3n) is 13.1. The van der Waals surface area contributed by atoms with E-state index >= 15 is 0 Å². The predicted molar refractivity (Wildman–Crippen MR) is 267 cm³/mol. The van der Waals surface area contributed by atoms with Gasteiger partial charge in [-0.15, -0.1) is 0 Å². The predicted octanol–water partition coefficient (Wildman–Crippen LogP) is 7.64. The molecule has 3 fully saturated rings. The normalized spacial score (nSPS) is 19.4. The average molecular weight is 1070 g/mol. The zero-order valence-corrected chi connectivity index (χ0v) is 41.2. The Balaban J connectivity index is 0.000000175. The number of aliphatic hydroxyl groups is 2. The number of aliphatic hydroxyl groups excluding tert-OH is 2. The summed E-state index contributed by atoms with van der Waals surface area (Å²) in [6.45, 7) is 6.22. The molecule has 0 spiro atoms. The molecule has 0 aliphatic carbocycles. The molecule has 4 amide bonds. The average Bonchev–Trinajstić information content (AvgIpc) is 4.16. The Morgan fingerprint density at radius 1 is 0.714 bits per heavy atom. The van der Waals surface area contributed by atoms with Crippen LogP contribution in [-0.2, 0) is 21.8 Å². The molecule has 77 heavy (non-hydrogen) atoms. The molecular formula is C51H50F6N12O8. The minimum absolute atomic E-state index is 0.0429. The summed E-state index contributed by atoms with van der Waals surface area (Å²) in [7, 11) is 0. The number of anilines is 6. The van der Waals surface area contributed by atoms with Crippen LogP contribution in [-0.4, -0.2) is 135 Å². The van der Waals surface area contributed by atoms with Crippen molar-refractivity contribution in [3.8, 4) is 34.3 Å². The van der Waals surface area contributed by atoms with Gasteiger partial charge in [0.2, 0.25) is 11.8 Å². The van der Waals surface area contributed by atoms with Gasteiger partial charge < -0.3 is 39.0 Å². The van der Waals surface area contributed by atoms with E-state index in [0.29, 0.717) is 66.9 Å². The number of rotatable bonds is 11. The number of pyridine rings is 2. The number of alkyl halides is 6. The summed E-state index contributed by atoms with van der Waals surface area (Å²) < 4.78 is 102. The highest BCUT2D eigenvalue weighted by Gasteiger charge is 2.43. The lowest BCUT2D eigenvalue weighted by atomic mass is 10.1. The van der Waals surface area contributed by atoms with Crippen LogP contribution in [0, 0.1) is 0 Å². The number of hydrogen-bond donors (Lipinski definition) is 4. The number of carbonyl (C=O) groups is 2. The minimum Gasteiger partial charge on any atom is -0.474 e. The second-order valence-electron chi connectivity index (χ2n) is 19.0. The maximum absolute atomic E-state index is 13.6. The standard InChI is InChI=1S/C27H27F3N6O4.C24H23F3N6O4/c1-26(2)39-15-19(40-26)14-38-23-12-31-11-22(33-23)34-25(37)36-18-8-9-35(13-18)21-7-6-20(32-24(21)36)16-4-3-5-17(10-16)27(28,29)30;25-24(26,27)15-3-1-2-14(8-15)18-4-5-19-22(29-18)33(16-6-7-32(19)11-16)23(36)31-20-9-28-10-21(30-20)37-13-17(35)12-34/h3-7,10-12,18-19H,8-9,13-15H2,1-2H3,(H,33,34,37);1-5,8-10,16-17,34-35H,6-7,11-13H2,(H,30,31,36)/t18-,19-;16-,17+/m00/s1. The van der Waals surface area contributed by atoms with Crippen LogP contribution in [0.5, 0.6) is 11.8 Å². The number of ether oxygens (including phenoxy) is 4. The molecule has 2 aromatic carbocycles. The lowest BCUT2D eigenvalue weighted by molar-refractivity contribution is -0.141. The zero-order valence-electron chi connectivity index (χ0n) is 41.2. The van der Waals surface area contributed by atoms with Gasteiger partial charge >= 0.3 is 24.4 Å². The summed E-state index contributed by atoms with van der Waals surface area (Å²) in [5.41, 5.74) is 1.14. The van der Waals surface area contributed by atoms with Gasteiger partial charge in [-0.1, -0.05) is 24.3 Å². The van der Waals surface area contributed by atoms with Gasteiger partial charge in [0.25, 0.3) is 0 Å². The second-order valence-corrected chi connectivity index (χ2v) is 19.0. The Labute approximate surface area is 435 Å². The number of amides is 4. The van der Waals surface area contributed by atoms with Crippen LogP contribution in [0.1, 0.15) is 37.8 Å². The summed E-state index contributed by atoms with van der Waals surface area (Å²) in [5.74, 6) is 0.573. The van der Waals surface area contributed by atoms with Crippen LogP contribution in [0.4, 0.5) is 70.6 Å². The number of carbonyl (C=O) groups excluding carboxylic acids is 2. The Kier molecular flexibility index (Phi) is 14.5. The van der Waals surface area contributed by atoms with Crippen molar-refractivity contribution in [1.82, 2.24) is 29.9 Å². The molecule has 4 aromatic heterocycles. The molecule has 5 aliphatic rings. The Hall–Kier alpha value is -7.94. The molecule has 26 heteroatoms. The molecule has 404 valence electrons. The lowest BCUT2D eigenvalue weighted by Gasteiger charge is -2.35. The first kappa shape index (κ1) is 52.5. The fourth-order valence-corrected chi connectivity index (χ4v) is 9.53. The number of benzene rings is 2. The van der Waals surface area contributed by atoms with Gasteiger partial charge in [0.05, 0.1) is 84.0 Å². The van der Waals surface area contributed by atoms with Crippen molar-refractivity contribution in [1.29, 1.82) is 0 Å². The van der Waals surface area contributed by atoms with Gasteiger partial charge in [0.15, 0.2) is 29.1 Å². The van der Waals surface area contributed by atoms with Gasteiger partial charge in [-0.25, -0.2) is 19.6 Å². The summed E-state index contributed by atoms with van der Waals surface area (Å²) in [6.07, 6.45) is -3.45. The number of nitrogens with zero attached hydrogens (tertiary/aromatic N) is 10. The van der Waals surface area contributed by atoms with Crippen LogP contribution >= 0.6 is 0 Å². The van der Waals surface area contributed by atoms with E-state index in [0.717, 1.165) is 42.9 Å². The number of nitrogens with one attached hydrogen (secondary N) is 2. The highest BCUT2D eigenvalue weighted by molar-refractivity contribution is 6.05. The summed E-state index contributed by atoms with van der Waals surface area (Å²) in [5, 5.41) is 23.8. The van der Waals surface area contributed by atoms with Crippen molar-refractivity contribution in [2.45, 2.75) is 69.1 Å². The topological polar surface area (TPSA) is 226 Å². The summed E-state index contributed by atoms with van der Waals surface area (Å²) in [6, 6.07) is 15.4. The molecule has 4 N–H and O–H groups in total. The van der Waals surface area contributed by atoms with E-state index in [1.165, 1.54) is 41.8 Å². The first-order chi connectivity index (χ1) is 36.8. The third kappa shape index (κ3) is 11.7. The van der Waals surface area contributed by atoms with Gasteiger partial charge in [-0.3, -0.25) is 30.4 Å². The van der Waals surface area contributed by atoms with Gasteiger partial charge in [-0.05, 0) is 75.2 Å². The molecule has 6 aromatic rings. The Morgan fingerprint density at radius 3 is 1.66 bits per heavy atom. The third-order valence-corrected chi connectivity index (χ3v) is 13.1. The molecule has 4 atom stereocenters. The minimum atomic E-state index is -4.49. The van der Waals surface area contributed by atoms with Crippen molar-refractivity contribution in [2.75, 3.05) is 82.8 Å². The Morgan fingerprint density at radius 2 is 1.21 bits per heavy atom. The van der Waals surface area contributed by atoms with Crippen molar-refractivity contribution >= 4 is 46.7 Å². The maximum atomic E-state index is 13.6. The molecule has 0 unspecified atom stereocenters. The molecule has 5 aliphatic heterocycles. The maximum Gasteiger partial charge on any atom is 0.416 e. The van der Waals surface area contributed by atoms with E-state index in [1.54, 1.807) is 41.3 Å². The zero-order chi connectivity index (χ0) is 54.2. The van der Waals surface area contributed by atoms with Gasteiger partial charge in [0.1, 0.15) is 25.4 Å². The lowest BCUT2D eigenvalue weighted by Crippen LogP contribution is -2.48. The number of hydrogen-bond acceptors (Lipinski definition) is 16. The monoisotopic (exact) mass is 1070 g/mol. The fourth-order valence-electron chi connectivity index (χ4n) is 9.53. The van der Waals surface area contributed by atoms with Crippen LogP contribution < -0.4 is 39.7 Å². The molecule has 20 nitrogen and oxygen atoms in total. The summed E-state index contributed by atoms with van der Waals surface area (Å²) >= 11 is 0. The van der Waals surface area contributed by atoms with Gasteiger partial charge in [-0.2, -0.15) is 36.3 Å². The number of fused-ring (bicyclic) bond motifs is 8. The van der Waals surface area contributed by atoms with Crippen LogP contribution in [0.2, 0.25) is 0 Å². The number of urea groups is 2. The number of aromatic nitrogens is 6. The molecule has 0 radical (unpaired) electrons. The van der Waals surface area contributed by atoms with Crippen molar-refractivity contribution in [3.63, 3.8) is 0 Å². The summed E-state index contributed by atoms with van der Waals surface area (Å²) in [4.78, 5) is 60.1.